The van der Waals surface area contributed by atoms with Gasteiger partial charge in [-0.3, -0.25) is 4.68 Å². The molecule has 0 aliphatic heterocycles. The molecular weight excluding hydrogens is 202 g/mol. The molecule has 1 N–H and O–H groups in total. The Labute approximate surface area is 97.0 Å². The molecule has 0 bridgehead atoms. The Balaban J connectivity index is 1.89. The molecule has 1 aliphatic carbocycles. The molecule has 1 heterocycles. The van der Waals surface area contributed by atoms with Crippen molar-refractivity contribution in [2.75, 3.05) is 7.11 Å². The molecule has 0 spiro atoms. The van der Waals surface area contributed by atoms with E-state index in [4.69, 9.17) is 4.74 Å². The highest BCUT2D eigenvalue weighted by Crippen LogP contribution is 2.26. The molecule has 1 unspecified atom stereocenters. The van der Waals surface area contributed by atoms with E-state index in [1.807, 2.05) is 17.9 Å². The maximum absolute atomic E-state index is 5.28. The van der Waals surface area contributed by atoms with E-state index in [9.17, 15) is 0 Å². The number of methoxy groups -OCH3 is 1. The van der Waals surface area contributed by atoms with Gasteiger partial charge in [0, 0.05) is 37.5 Å². The molecule has 1 aliphatic rings. The molecule has 1 fully saturated rings. The van der Waals surface area contributed by atoms with E-state index < -0.39 is 0 Å². The first-order valence-corrected chi connectivity index (χ1v) is 5.89. The van der Waals surface area contributed by atoms with Crippen molar-refractivity contribution >= 4 is 0 Å². The van der Waals surface area contributed by atoms with Gasteiger partial charge in [0.2, 0.25) is 0 Å². The largest absolute Gasteiger partial charge is 0.381 e. The molecule has 1 aromatic heterocycles. The molecule has 0 radical (unpaired) electrons. The zero-order valence-corrected chi connectivity index (χ0v) is 10.5. The van der Waals surface area contributed by atoms with Crippen LogP contribution in [0.4, 0.5) is 0 Å². The monoisotopic (exact) mass is 223 g/mol. The molecule has 0 aromatic carbocycles. The van der Waals surface area contributed by atoms with Crippen molar-refractivity contribution in [3.8, 4) is 0 Å². The number of nitrogens with zero attached hydrogens (tertiary/aromatic N) is 2. The number of nitrogens with one attached hydrogen (secondary N) is 1. The van der Waals surface area contributed by atoms with Crippen LogP contribution in [0.3, 0.4) is 0 Å². The van der Waals surface area contributed by atoms with Crippen molar-refractivity contribution in [2.45, 2.75) is 44.9 Å². The van der Waals surface area contributed by atoms with Crippen LogP contribution in [0.2, 0.25) is 0 Å². The lowest BCUT2D eigenvalue weighted by atomic mass is 9.88. The van der Waals surface area contributed by atoms with Crippen LogP contribution in [-0.4, -0.2) is 29.0 Å². The Hall–Kier alpha value is -0.870. The molecule has 16 heavy (non-hydrogen) atoms. The number of aromatic nitrogens is 2. The van der Waals surface area contributed by atoms with Crippen LogP contribution in [0.15, 0.2) is 6.20 Å². The number of hydrogen-bond donors (Lipinski definition) is 1. The molecule has 4 heteroatoms. The average molecular weight is 223 g/mol. The van der Waals surface area contributed by atoms with Crippen LogP contribution < -0.4 is 5.32 Å². The molecule has 90 valence electrons. The quantitative estimate of drug-likeness (QED) is 0.842. The predicted molar refractivity (Wildman–Crippen MR) is 63.3 cm³/mol. The molecule has 2 rings (SSSR count). The third-order valence-corrected chi connectivity index (χ3v) is 3.65. The highest BCUT2D eigenvalue weighted by Gasteiger charge is 2.30. The Bertz CT molecular complexity index is 355. The van der Waals surface area contributed by atoms with Crippen LogP contribution in [0.5, 0.6) is 0 Å². The van der Waals surface area contributed by atoms with E-state index >= 15 is 0 Å². The van der Waals surface area contributed by atoms with Gasteiger partial charge in [0.1, 0.15) is 0 Å². The summed E-state index contributed by atoms with van der Waals surface area (Å²) in [5, 5.41) is 7.89. The lowest BCUT2D eigenvalue weighted by Gasteiger charge is -2.36. The van der Waals surface area contributed by atoms with Gasteiger partial charge in [-0.1, -0.05) is 0 Å². The van der Waals surface area contributed by atoms with Crippen LogP contribution >= 0.6 is 0 Å². The van der Waals surface area contributed by atoms with Crippen LogP contribution in [0.1, 0.15) is 37.1 Å². The average Bonchev–Trinajstić information content (AvgIpc) is 2.53. The zero-order chi connectivity index (χ0) is 11.7. The van der Waals surface area contributed by atoms with Crippen molar-refractivity contribution in [1.29, 1.82) is 0 Å². The second-order valence-electron chi connectivity index (χ2n) is 4.72. The van der Waals surface area contributed by atoms with Crippen molar-refractivity contribution < 1.29 is 4.74 Å². The summed E-state index contributed by atoms with van der Waals surface area (Å²) >= 11 is 0. The van der Waals surface area contributed by atoms with Crippen molar-refractivity contribution in [3.05, 3.63) is 17.5 Å². The summed E-state index contributed by atoms with van der Waals surface area (Å²) < 4.78 is 7.20. The van der Waals surface area contributed by atoms with Crippen molar-refractivity contribution in [2.24, 2.45) is 7.05 Å². The standard InChI is InChI=1S/C12H21N3O/c1-8(12-7-13-15(3)9(12)2)14-10-5-11(6-10)16-4/h7-8,10-11,14H,5-6H2,1-4H3. The van der Waals surface area contributed by atoms with E-state index in [-0.39, 0.29) is 0 Å². The highest BCUT2D eigenvalue weighted by molar-refractivity contribution is 5.20. The van der Waals surface area contributed by atoms with E-state index in [0.717, 1.165) is 12.8 Å². The number of hydrogen-bond acceptors (Lipinski definition) is 3. The Morgan fingerprint density at radius 2 is 2.25 bits per heavy atom. The smallest absolute Gasteiger partial charge is 0.0601 e. The topological polar surface area (TPSA) is 39.1 Å². The van der Waals surface area contributed by atoms with Crippen LogP contribution in [0.25, 0.3) is 0 Å². The highest BCUT2D eigenvalue weighted by atomic mass is 16.5. The van der Waals surface area contributed by atoms with Gasteiger partial charge in [0.05, 0.1) is 12.3 Å². The Morgan fingerprint density at radius 1 is 1.56 bits per heavy atom. The molecule has 0 amide bonds. The second-order valence-corrected chi connectivity index (χ2v) is 4.72. The molecule has 4 nitrogen and oxygen atoms in total. The minimum absolute atomic E-state index is 0.372. The number of aryl methyl sites for hydroxylation is 1. The van der Waals surface area contributed by atoms with Gasteiger partial charge in [-0.25, -0.2) is 0 Å². The first-order chi connectivity index (χ1) is 7.61. The fourth-order valence-electron chi connectivity index (χ4n) is 2.28. The maximum Gasteiger partial charge on any atom is 0.0601 e. The molecule has 0 saturated heterocycles. The van der Waals surface area contributed by atoms with Gasteiger partial charge in [0.15, 0.2) is 0 Å². The number of ether oxygens (including phenoxy) is 1. The van der Waals surface area contributed by atoms with Crippen molar-refractivity contribution in [3.63, 3.8) is 0 Å². The van der Waals surface area contributed by atoms with Gasteiger partial charge in [0.25, 0.3) is 0 Å². The lowest BCUT2D eigenvalue weighted by Crippen LogP contribution is -2.45. The van der Waals surface area contributed by atoms with Crippen LogP contribution in [0, 0.1) is 6.92 Å². The molecule has 1 saturated carbocycles. The summed E-state index contributed by atoms with van der Waals surface area (Å²) in [5.41, 5.74) is 2.53. The molecular formula is C12H21N3O. The fourth-order valence-corrected chi connectivity index (χ4v) is 2.28. The summed E-state index contributed by atoms with van der Waals surface area (Å²) in [6.45, 7) is 4.31. The summed E-state index contributed by atoms with van der Waals surface area (Å²) in [4.78, 5) is 0. The normalized spacial score (nSPS) is 26.5. The van der Waals surface area contributed by atoms with Gasteiger partial charge < -0.3 is 10.1 Å². The first kappa shape index (κ1) is 11.6. The van der Waals surface area contributed by atoms with E-state index in [0.29, 0.717) is 18.2 Å². The Kier molecular flexibility index (Phi) is 3.30. The molecule has 1 atom stereocenters. The SMILES string of the molecule is COC1CC(NC(C)c2cnn(C)c2C)C1. The minimum Gasteiger partial charge on any atom is -0.381 e. The van der Waals surface area contributed by atoms with Gasteiger partial charge >= 0.3 is 0 Å². The first-order valence-electron chi connectivity index (χ1n) is 5.89. The van der Waals surface area contributed by atoms with Crippen LogP contribution in [-0.2, 0) is 11.8 Å². The second kappa shape index (κ2) is 4.55. The summed E-state index contributed by atoms with van der Waals surface area (Å²) in [7, 11) is 3.77. The van der Waals surface area contributed by atoms with E-state index in [1.165, 1.54) is 11.3 Å². The minimum atomic E-state index is 0.372. The lowest BCUT2D eigenvalue weighted by molar-refractivity contribution is 0.0147. The molecule has 1 aromatic rings. The Morgan fingerprint density at radius 3 is 2.75 bits per heavy atom. The van der Waals surface area contributed by atoms with Gasteiger partial charge in [-0.2, -0.15) is 5.10 Å². The van der Waals surface area contributed by atoms with Gasteiger partial charge in [-0.05, 0) is 26.7 Å². The van der Waals surface area contributed by atoms with Gasteiger partial charge in [-0.15, -0.1) is 0 Å². The summed E-state index contributed by atoms with van der Waals surface area (Å²) in [6, 6.07) is 0.969. The van der Waals surface area contributed by atoms with E-state index in [1.54, 1.807) is 7.11 Å². The maximum atomic E-state index is 5.28. The number of rotatable bonds is 4. The third kappa shape index (κ3) is 2.13. The van der Waals surface area contributed by atoms with E-state index in [2.05, 4.69) is 24.3 Å². The summed E-state index contributed by atoms with van der Waals surface area (Å²) in [5.74, 6) is 0. The third-order valence-electron chi connectivity index (χ3n) is 3.65. The predicted octanol–water partition coefficient (Wildman–Crippen LogP) is 1.56. The zero-order valence-electron chi connectivity index (χ0n) is 10.5. The summed E-state index contributed by atoms with van der Waals surface area (Å²) in [6.07, 6.45) is 4.67. The fraction of sp³-hybridized carbons (Fsp3) is 0.750. The van der Waals surface area contributed by atoms with Crippen molar-refractivity contribution in [1.82, 2.24) is 15.1 Å².